The van der Waals surface area contributed by atoms with Crippen LogP contribution in [0, 0.1) is 5.92 Å². The third kappa shape index (κ3) is 5.97. The minimum Gasteiger partial charge on any atom is -0.381 e. The van der Waals surface area contributed by atoms with Gasteiger partial charge in [0, 0.05) is 32.2 Å². The van der Waals surface area contributed by atoms with Crippen molar-refractivity contribution in [3.05, 3.63) is 0 Å². The highest BCUT2D eigenvalue weighted by molar-refractivity contribution is 5.85. The Balaban J connectivity index is 0.00000196. The van der Waals surface area contributed by atoms with Crippen LogP contribution in [-0.2, 0) is 9.53 Å². The number of hydrogen-bond donors (Lipinski definition) is 2. The van der Waals surface area contributed by atoms with Gasteiger partial charge >= 0.3 is 0 Å². The second-order valence-electron chi connectivity index (χ2n) is 3.96. The highest BCUT2D eigenvalue weighted by atomic mass is 35.5. The van der Waals surface area contributed by atoms with Gasteiger partial charge in [-0.05, 0) is 25.7 Å². The van der Waals surface area contributed by atoms with Crippen LogP contribution >= 0.6 is 12.4 Å². The molecule has 0 unspecified atom stereocenters. The first kappa shape index (κ1) is 14.7. The summed E-state index contributed by atoms with van der Waals surface area (Å²) in [5.41, 5.74) is 5.42. The van der Waals surface area contributed by atoms with Crippen molar-refractivity contribution in [2.45, 2.75) is 32.2 Å². The molecule has 0 radical (unpaired) electrons. The van der Waals surface area contributed by atoms with Gasteiger partial charge in [0.15, 0.2) is 0 Å². The molecule has 4 nitrogen and oxygen atoms in total. The molecule has 1 fully saturated rings. The van der Waals surface area contributed by atoms with E-state index < -0.39 is 0 Å². The van der Waals surface area contributed by atoms with Crippen molar-refractivity contribution in [3.63, 3.8) is 0 Å². The van der Waals surface area contributed by atoms with E-state index in [1.807, 2.05) is 6.92 Å². The Kier molecular flexibility index (Phi) is 7.74. The molecule has 0 spiro atoms. The first-order chi connectivity index (χ1) is 6.72. The van der Waals surface area contributed by atoms with Crippen molar-refractivity contribution < 1.29 is 9.53 Å². The average molecular weight is 237 g/mol. The smallest absolute Gasteiger partial charge is 0.220 e. The Morgan fingerprint density at radius 1 is 1.53 bits per heavy atom. The normalized spacial score (nSPS) is 19.1. The summed E-state index contributed by atoms with van der Waals surface area (Å²) in [5, 5.41) is 2.87. The van der Waals surface area contributed by atoms with Gasteiger partial charge in [0.25, 0.3) is 0 Å². The third-order valence-electron chi connectivity index (χ3n) is 2.58. The molecular formula is C10H21ClN2O2. The summed E-state index contributed by atoms with van der Waals surface area (Å²) in [6.07, 6.45) is 2.63. The maximum atomic E-state index is 11.5. The van der Waals surface area contributed by atoms with Crippen molar-refractivity contribution >= 4 is 18.3 Å². The molecule has 0 aromatic rings. The Hall–Kier alpha value is -0.320. The molecule has 0 saturated carbocycles. The number of carbonyl (C=O) groups is 1. The third-order valence-corrected chi connectivity index (χ3v) is 2.58. The maximum Gasteiger partial charge on any atom is 0.220 e. The number of nitrogens with two attached hydrogens (primary N) is 1. The SMILES string of the molecule is C[C@@H](CN)NC(=O)CC1CCOCC1.Cl. The van der Waals surface area contributed by atoms with E-state index in [-0.39, 0.29) is 24.4 Å². The maximum absolute atomic E-state index is 11.5. The van der Waals surface area contributed by atoms with Crippen LogP contribution in [0.2, 0.25) is 0 Å². The molecule has 1 rings (SSSR count). The molecule has 15 heavy (non-hydrogen) atoms. The van der Waals surface area contributed by atoms with E-state index in [0.717, 1.165) is 26.1 Å². The van der Waals surface area contributed by atoms with Gasteiger partial charge in [-0.3, -0.25) is 4.79 Å². The summed E-state index contributed by atoms with van der Waals surface area (Å²) >= 11 is 0. The molecule has 0 aromatic carbocycles. The number of ether oxygens (including phenoxy) is 1. The van der Waals surface area contributed by atoms with Crippen molar-refractivity contribution in [1.29, 1.82) is 0 Å². The molecular weight excluding hydrogens is 216 g/mol. The molecule has 1 aliphatic rings. The van der Waals surface area contributed by atoms with E-state index in [4.69, 9.17) is 10.5 Å². The summed E-state index contributed by atoms with van der Waals surface area (Å²) in [5.74, 6) is 0.614. The van der Waals surface area contributed by atoms with Crippen molar-refractivity contribution in [2.24, 2.45) is 11.7 Å². The molecule has 3 N–H and O–H groups in total. The Morgan fingerprint density at radius 3 is 2.67 bits per heavy atom. The lowest BCUT2D eigenvalue weighted by Crippen LogP contribution is -2.39. The van der Waals surface area contributed by atoms with Crippen LogP contribution in [-0.4, -0.2) is 31.7 Å². The molecule has 1 heterocycles. The summed E-state index contributed by atoms with van der Waals surface area (Å²) in [4.78, 5) is 11.5. The molecule has 1 atom stereocenters. The first-order valence-electron chi connectivity index (χ1n) is 5.29. The molecule has 90 valence electrons. The average Bonchev–Trinajstić information content (AvgIpc) is 2.19. The minimum atomic E-state index is 0. The molecule has 5 heteroatoms. The topological polar surface area (TPSA) is 64.3 Å². The fraction of sp³-hybridized carbons (Fsp3) is 0.900. The van der Waals surface area contributed by atoms with Gasteiger partial charge in [-0.15, -0.1) is 12.4 Å². The first-order valence-corrected chi connectivity index (χ1v) is 5.29. The van der Waals surface area contributed by atoms with Crippen LogP contribution < -0.4 is 11.1 Å². The zero-order valence-corrected chi connectivity index (χ0v) is 10.0. The lowest BCUT2D eigenvalue weighted by atomic mass is 9.96. The van der Waals surface area contributed by atoms with Gasteiger partial charge in [0.05, 0.1) is 0 Å². The fourth-order valence-corrected chi connectivity index (χ4v) is 1.61. The number of amides is 1. The lowest BCUT2D eigenvalue weighted by molar-refractivity contribution is -0.123. The van der Waals surface area contributed by atoms with Gasteiger partial charge in [-0.2, -0.15) is 0 Å². The van der Waals surface area contributed by atoms with Crippen molar-refractivity contribution in [2.75, 3.05) is 19.8 Å². The molecule has 0 bridgehead atoms. The second-order valence-corrected chi connectivity index (χ2v) is 3.96. The predicted molar refractivity (Wildman–Crippen MR) is 62.1 cm³/mol. The van der Waals surface area contributed by atoms with Crippen LogP contribution in [0.25, 0.3) is 0 Å². The van der Waals surface area contributed by atoms with E-state index in [0.29, 0.717) is 18.9 Å². The largest absolute Gasteiger partial charge is 0.381 e. The molecule has 1 amide bonds. The summed E-state index contributed by atoms with van der Waals surface area (Å²) in [6, 6.07) is 0.0855. The van der Waals surface area contributed by atoms with Gasteiger partial charge in [0.1, 0.15) is 0 Å². The van der Waals surface area contributed by atoms with E-state index >= 15 is 0 Å². The van der Waals surface area contributed by atoms with E-state index in [1.54, 1.807) is 0 Å². The summed E-state index contributed by atoms with van der Waals surface area (Å²) < 4.78 is 5.23. The van der Waals surface area contributed by atoms with Crippen molar-refractivity contribution in [1.82, 2.24) is 5.32 Å². The number of carbonyl (C=O) groups excluding carboxylic acids is 1. The summed E-state index contributed by atoms with van der Waals surface area (Å²) in [7, 11) is 0. The zero-order chi connectivity index (χ0) is 10.4. The Morgan fingerprint density at radius 2 is 2.13 bits per heavy atom. The highest BCUT2D eigenvalue weighted by Crippen LogP contribution is 2.17. The lowest BCUT2D eigenvalue weighted by Gasteiger charge is -2.22. The van der Waals surface area contributed by atoms with E-state index in [9.17, 15) is 4.79 Å². The van der Waals surface area contributed by atoms with Crippen molar-refractivity contribution in [3.8, 4) is 0 Å². The van der Waals surface area contributed by atoms with E-state index in [2.05, 4.69) is 5.32 Å². The molecule has 0 aliphatic carbocycles. The fourth-order valence-electron chi connectivity index (χ4n) is 1.61. The Bertz CT molecular complexity index is 184. The predicted octanol–water partition coefficient (Wildman–Crippen LogP) is 0.688. The number of rotatable bonds is 4. The van der Waals surface area contributed by atoms with Crippen LogP contribution in [0.15, 0.2) is 0 Å². The minimum absolute atomic E-state index is 0. The van der Waals surface area contributed by atoms with Gasteiger partial charge in [-0.1, -0.05) is 0 Å². The van der Waals surface area contributed by atoms with Crippen LogP contribution in [0.5, 0.6) is 0 Å². The number of nitrogens with one attached hydrogen (secondary N) is 1. The number of halogens is 1. The molecule has 1 saturated heterocycles. The van der Waals surface area contributed by atoms with Gasteiger partial charge < -0.3 is 15.8 Å². The van der Waals surface area contributed by atoms with E-state index in [1.165, 1.54) is 0 Å². The second kappa shape index (κ2) is 7.91. The quantitative estimate of drug-likeness (QED) is 0.755. The number of hydrogen-bond acceptors (Lipinski definition) is 3. The van der Waals surface area contributed by atoms with Crippen LogP contribution in [0.4, 0.5) is 0 Å². The monoisotopic (exact) mass is 236 g/mol. The molecule has 1 aliphatic heterocycles. The van der Waals surface area contributed by atoms with Crippen LogP contribution in [0.1, 0.15) is 26.2 Å². The van der Waals surface area contributed by atoms with Crippen LogP contribution in [0.3, 0.4) is 0 Å². The van der Waals surface area contributed by atoms with Gasteiger partial charge in [-0.25, -0.2) is 0 Å². The highest BCUT2D eigenvalue weighted by Gasteiger charge is 2.17. The Labute approximate surface area is 97.3 Å². The molecule has 0 aromatic heterocycles. The standard InChI is InChI=1S/C10H20N2O2.ClH/c1-8(7-11)12-10(13)6-9-2-4-14-5-3-9;/h8-9H,2-7,11H2,1H3,(H,12,13);1H/t8-;/m0./s1. The summed E-state index contributed by atoms with van der Waals surface area (Å²) in [6.45, 7) is 4.01. The zero-order valence-electron chi connectivity index (χ0n) is 9.20. The van der Waals surface area contributed by atoms with Gasteiger partial charge in [0.2, 0.25) is 5.91 Å².